The van der Waals surface area contributed by atoms with Crippen molar-refractivity contribution in [3.63, 3.8) is 0 Å². The van der Waals surface area contributed by atoms with E-state index in [-0.39, 0.29) is 30.7 Å². The minimum absolute atomic E-state index is 0.0933. The van der Waals surface area contributed by atoms with Gasteiger partial charge in [-0.2, -0.15) is 8.78 Å². The molecule has 1 amide bonds. The molecule has 0 aromatic heterocycles. The van der Waals surface area contributed by atoms with E-state index in [2.05, 4.69) is 0 Å². The van der Waals surface area contributed by atoms with Crippen LogP contribution >= 0.6 is 0 Å². The number of carbonyl (C=O) groups excluding carboxylic acids is 2. The van der Waals surface area contributed by atoms with Gasteiger partial charge in [-0.15, -0.1) is 0 Å². The van der Waals surface area contributed by atoms with Gasteiger partial charge in [0.25, 0.3) is 5.91 Å². The molecule has 2 fully saturated rings. The molecule has 2 heterocycles. The fourth-order valence-corrected chi connectivity index (χ4v) is 2.44. The van der Waals surface area contributed by atoms with Crippen molar-refractivity contribution < 1.29 is 18.4 Å². The van der Waals surface area contributed by atoms with Crippen molar-refractivity contribution in [2.45, 2.75) is 44.2 Å². The summed E-state index contributed by atoms with van der Waals surface area (Å²) >= 11 is 0. The minimum atomic E-state index is -2.94. The highest BCUT2D eigenvalue weighted by molar-refractivity contribution is 5.86. The molecular weight excluding hydrogens is 192 g/mol. The van der Waals surface area contributed by atoms with Crippen molar-refractivity contribution in [2.75, 3.05) is 0 Å². The smallest absolute Gasteiger partial charge is 0.315 e. The molecule has 2 atom stereocenters. The predicted octanol–water partition coefficient (Wildman–Crippen LogP) is 0.974. The third-order valence-corrected chi connectivity index (χ3v) is 2.99. The van der Waals surface area contributed by atoms with Gasteiger partial charge in [0.2, 0.25) is 0 Å². The van der Waals surface area contributed by atoms with Gasteiger partial charge in [0.1, 0.15) is 5.78 Å². The molecule has 0 unspecified atom stereocenters. The normalized spacial score (nSPS) is 31.4. The Bertz CT molecular complexity index is 264. The average molecular weight is 203 g/mol. The van der Waals surface area contributed by atoms with Crippen LogP contribution in [0.25, 0.3) is 0 Å². The highest BCUT2D eigenvalue weighted by atomic mass is 19.3. The Hall–Kier alpha value is -1.00. The summed E-state index contributed by atoms with van der Waals surface area (Å²) in [6.45, 7) is 0. The summed E-state index contributed by atoms with van der Waals surface area (Å²) in [5, 5.41) is 0. The first-order valence-corrected chi connectivity index (χ1v) is 4.71. The number of nitrogens with zero attached hydrogens (tertiary/aromatic N) is 1. The standard InChI is InChI=1S/C9H11F2NO2/c10-8(11)9(14)12-5-1-2-6(12)4-7(13)3-5/h5-6,8H,1-4H2/t5-,6+. The van der Waals surface area contributed by atoms with Gasteiger partial charge < -0.3 is 4.90 Å². The van der Waals surface area contributed by atoms with Crippen molar-refractivity contribution in [2.24, 2.45) is 0 Å². The molecule has 2 saturated heterocycles. The molecular formula is C9H11F2NO2. The zero-order valence-corrected chi connectivity index (χ0v) is 7.58. The van der Waals surface area contributed by atoms with Crippen LogP contribution in [0.5, 0.6) is 0 Å². The van der Waals surface area contributed by atoms with Crippen LogP contribution in [0.2, 0.25) is 0 Å². The van der Waals surface area contributed by atoms with Crippen LogP contribution in [-0.4, -0.2) is 35.1 Å². The van der Waals surface area contributed by atoms with Gasteiger partial charge in [0, 0.05) is 24.9 Å². The molecule has 2 bridgehead atoms. The van der Waals surface area contributed by atoms with E-state index in [9.17, 15) is 18.4 Å². The Morgan fingerprint density at radius 2 is 1.79 bits per heavy atom. The molecule has 2 aliphatic rings. The third kappa shape index (κ3) is 1.40. The monoisotopic (exact) mass is 203 g/mol. The van der Waals surface area contributed by atoms with E-state index in [0.29, 0.717) is 12.8 Å². The lowest BCUT2D eigenvalue weighted by atomic mass is 10.0. The number of alkyl halides is 2. The first-order valence-electron chi connectivity index (χ1n) is 4.71. The SMILES string of the molecule is O=C1C[C@H]2CC[C@@H](C1)N2C(=O)C(F)F. The van der Waals surface area contributed by atoms with Crippen LogP contribution in [-0.2, 0) is 9.59 Å². The zero-order chi connectivity index (χ0) is 10.3. The lowest BCUT2D eigenvalue weighted by molar-refractivity contribution is -0.149. The second kappa shape index (κ2) is 3.29. The largest absolute Gasteiger partial charge is 0.331 e. The number of fused-ring (bicyclic) bond motifs is 2. The summed E-state index contributed by atoms with van der Waals surface area (Å²) in [5.74, 6) is -1.01. The number of halogens is 2. The number of rotatable bonds is 1. The summed E-state index contributed by atoms with van der Waals surface area (Å²) in [6, 6.07) is -0.523. The third-order valence-electron chi connectivity index (χ3n) is 2.99. The number of carbonyl (C=O) groups is 2. The summed E-state index contributed by atoms with van der Waals surface area (Å²) in [5.41, 5.74) is 0. The van der Waals surface area contributed by atoms with Crippen molar-refractivity contribution in [3.8, 4) is 0 Å². The molecule has 3 nitrogen and oxygen atoms in total. The summed E-state index contributed by atoms with van der Waals surface area (Å²) < 4.78 is 24.4. The van der Waals surface area contributed by atoms with E-state index < -0.39 is 12.3 Å². The molecule has 0 N–H and O–H groups in total. The molecule has 0 aliphatic carbocycles. The van der Waals surface area contributed by atoms with Crippen molar-refractivity contribution in [3.05, 3.63) is 0 Å². The Morgan fingerprint density at radius 1 is 1.29 bits per heavy atom. The number of hydrogen-bond acceptors (Lipinski definition) is 2. The summed E-state index contributed by atoms with van der Waals surface area (Å²) in [4.78, 5) is 23.5. The number of hydrogen-bond donors (Lipinski definition) is 0. The molecule has 5 heteroatoms. The highest BCUT2D eigenvalue weighted by Gasteiger charge is 2.44. The number of Topliss-reactive ketones (excluding diaryl/α,β-unsaturated/α-hetero) is 1. The van der Waals surface area contributed by atoms with Gasteiger partial charge >= 0.3 is 6.43 Å². The van der Waals surface area contributed by atoms with Gasteiger partial charge in [0.15, 0.2) is 0 Å². The van der Waals surface area contributed by atoms with Gasteiger partial charge in [-0.1, -0.05) is 0 Å². The van der Waals surface area contributed by atoms with Crippen molar-refractivity contribution >= 4 is 11.7 Å². The molecule has 2 aliphatic heterocycles. The summed E-state index contributed by atoms with van der Waals surface area (Å²) in [7, 11) is 0. The zero-order valence-electron chi connectivity index (χ0n) is 7.58. The molecule has 0 spiro atoms. The van der Waals surface area contributed by atoms with E-state index in [4.69, 9.17) is 0 Å². The lowest BCUT2D eigenvalue weighted by Gasteiger charge is -2.33. The molecule has 0 radical (unpaired) electrons. The van der Waals surface area contributed by atoms with Crippen LogP contribution < -0.4 is 0 Å². The Balaban J connectivity index is 2.15. The molecule has 0 aromatic carbocycles. The average Bonchev–Trinajstić information content (AvgIpc) is 2.37. The number of ketones is 1. The molecule has 2 rings (SSSR count). The molecule has 0 aromatic rings. The fraction of sp³-hybridized carbons (Fsp3) is 0.778. The quantitative estimate of drug-likeness (QED) is 0.637. The Morgan fingerprint density at radius 3 is 2.21 bits per heavy atom. The second-order valence-corrected chi connectivity index (χ2v) is 3.88. The highest BCUT2D eigenvalue weighted by Crippen LogP contribution is 2.34. The van der Waals surface area contributed by atoms with E-state index in [1.54, 1.807) is 0 Å². The predicted molar refractivity (Wildman–Crippen MR) is 43.9 cm³/mol. The molecule has 78 valence electrons. The van der Waals surface area contributed by atoms with E-state index in [1.165, 1.54) is 4.90 Å². The van der Waals surface area contributed by atoms with Crippen LogP contribution in [0, 0.1) is 0 Å². The van der Waals surface area contributed by atoms with Crippen LogP contribution in [0.3, 0.4) is 0 Å². The van der Waals surface area contributed by atoms with Gasteiger partial charge in [0.05, 0.1) is 0 Å². The number of piperidine rings is 1. The first-order chi connectivity index (χ1) is 6.59. The molecule has 0 saturated carbocycles. The van der Waals surface area contributed by atoms with Gasteiger partial charge in [-0.3, -0.25) is 9.59 Å². The maximum absolute atomic E-state index is 12.2. The maximum Gasteiger partial charge on any atom is 0.315 e. The van der Waals surface area contributed by atoms with Crippen LogP contribution in [0.15, 0.2) is 0 Å². The Kier molecular flexibility index (Phi) is 2.25. The lowest BCUT2D eigenvalue weighted by Crippen LogP contribution is -2.49. The van der Waals surface area contributed by atoms with Crippen LogP contribution in [0.4, 0.5) is 8.78 Å². The summed E-state index contributed by atoms with van der Waals surface area (Å²) in [6.07, 6.45) is -1.04. The Labute approximate surface area is 80.1 Å². The van der Waals surface area contributed by atoms with Crippen LogP contribution in [0.1, 0.15) is 25.7 Å². The molecule has 14 heavy (non-hydrogen) atoms. The topological polar surface area (TPSA) is 37.4 Å². The van der Waals surface area contributed by atoms with E-state index >= 15 is 0 Å². The van der Waals surface area contributed by atoms with E-state index in [1.807, 2.05) is 0 Å². The van der Waals surface area contributed by atoms with Gasteiger partial charge in [-0.05, 0) is 12.8 Å². The van der Waals surface area contributed by atoms with Crippen molar-refractivity contribution in [1.82, 2.24) is 4.90 Å². The van der Waals surface area contributed by atoms with Gasteiger partial charge in [-0.25, -0.2) is 0 Å². The fourth-order valence-electron chi connectivity index (χ4n) is 2.44. The van der Waals surface area contributed by atoms with Crippen molar-refractivity contribution in [1.29, 1.82) is 0 Å². The maximum atomic E-state index is 12.2. The first kappa shape index (κ1) is 9.55. The van der Waals surface area contributed by atoms with E-state index in [0.717, 1.165) is 0 Å². The second-order valence-electron chi connectivity index (χ2n) is 3.88. The minimum Gasteiger partial charge on any atom is -0.331 e. The number of amides is 1.